The minimum atomic E-state index is -0.966. The van der Waals surface area contributed by atoms with E-state index in [0.717, 1.165) is 16.2 Å². The third-order valence-electron chi connectivity index (χ3n) is 5.51. The maximum Gasteiger partial charge on any atom is 0.304 e. The van der Waals surface area contributed by atoms with Crippen molar-refractivity contribution in [1.29, 1.82) is 0 Å². The van der Waals surface area contributed by atoms with Crippen LogP contribution in [0.4, 0.5) is 0 Å². The van der Waals surface area contributed by atoms with E-state index in [9.17, 15) is 9.59 Å². The van der Waals surface area contributed by atoms with Crippen molar-refractivity contribution in [3.05, 3.63) is 72.3 Å². The number of thioether (sulfide) groups is 1. The van der Waals surface area contributed by atoms with E-state index in [1.54, 1.807) is 13.8 Å². The first-order valence-electron chi connectivity index (χ1n) is 10.1. The number of carbonyl (C=O) groups excluding carboxylic acids is 1. The summed E-state index contributed by atoms with van der Waals surface area (Å²) >= 11 is 1.37. The zero-order valence-electron chi connectivity index (χ0n) is 17.5. The molecule has 1 N–H and O–H groups in total. The van der Waals surface area contributed by atoms with E-state index in [-0.39, 0.29) is 18.0 Å². The lowest BCUT2D eigenvalue weighted by atomic mass is 9.85. The van der Waals surface area contributed by atoms with Crippen molar-refractivity contribution in [3.8, 4) is 0 Å². The van der Waals surface area contributed by atoms with Gasteiger partial charge >= 0.3 is 5.97 Å². The molecule has 0 fully saturated rings. The Bertz CT molecular complexity index is 1270. The van der Waals surface area contributed by atoms with E-state index in [1.165, 1.54) is 28.1 Å². The first-order valence-corrected chi connectivity index (χ1v) is 11.1. The number of benzene rings is 3. The first-order chi connectivity index (χ1) is 14.8. The molecular formula is C25H24N2O3S. The number of carboxylic acids is 1. The van der Waals surface area contributed by atoms with Crippen molar-refractivity contribution >= 4 is 45.3 Å². The second kappa shape index (κ2) is 8.55. The predicted octanol–water partition coefficient (Wildman–Crippen LogP) is 5.40. The number of Topliss-reactive ketones (excluding diaryl/α,β-unsaturated/α-hetero) is 1. The molecule has 0 saturated heterocycles. The van der Waals surface area contributed by atoms with Crippen molar-refractivity contribution in [1.82, 2.24) is 9.55 Å². The van der Waals surface area contributed by atoms with Gasteiger partial charge in [0.05, 0.1) is 29.8 Å². The fourth-order valence-corrected chi connectivity index (χ4v) is 4.85. The van der Waals surface area contributed by atoms with Crippen LogP contribution in [0.25, 0.3) is 21.8 Å². The molecule has 0 amide bonds. The van der Waals surface area contributed by atoms with Gasteiger partial charge in [0.25, 0.3) is 0 Å². The number of hydrogen-bond donors (Lipinski definition) is 1. The van der Waals surface area contributed by atoms with Crippen LogP contribution in [0.1, 0.15) is 25.8 Å². The molecule has 0 radical (unpaired) electrons. The lowest BCUT2D eigenvalue weighted by molar-refractivity contribution is -0.142. The second-order valence-corrected chi connectivity index (χ2v) is 9.22. The van der Waals surface area contributed by atoms with Gasteiger partial charge in [-0.3, -0.25) is 9.59 Å². The molecule has 0 unspecified atom stereocenters. The van der Waals surface area contributed by atoms with Crippen LogP contribution < -0.4 is 0 Å². The van der Waals surface area contributed by atoms with Crippen LogP contribution in [0, 0.1) is 5.41 Å². The van der Waals surface area contributed by atoms with Crippen LogP contribution in [0.3, 0.4) is 0 Å². The van der Waals surface area contributed by atoms with Crippen LogP contribution in [0.15, 0.2) is 71.9 Å². The van der Waals surface area contributed by atoms with Gasteiger partial charge in [-0.25, -0.2) is 4.98 Å². The highest BCUT2D eigenvalue weighted by atomic mass is 32.2. The molecule has 6 heteroatoms. The minimum Gasteiger partial charge on any atom is -0.481 e. The molecule has 3 aromatic carbocycles. The average molecular weight is 433 g/mol. The number of rotatable bonds is 8. The molecular weight excluding hydrogens is 408 g/mol. The van der Waals surface area contributed by atoms with Crippen molar-refractivity contribution in [2.75, 3.05) is 5.75 Å². The van der Waals surface area contributed by atoms with E-state index in [0.29, 0.717) is 6.54 Å². The molecule has 0 atom stereocenters. The highest BCUT2D eigenvalue weighted by molar-refractivity contribution is 7.99. The Morgan fingerprint density at radius 1 is 1.00 bits per heavy atom. The Kier molecular flexibility index (Phi) is 5.83. The molecule has 0 aliphatic heterocycles. The molecule has 158 valence electrons. The summed E-state index contributed by atoms with van der Waals surface area (Å²) in [5.74, 6) is -0.880. The standard InChI is InChI=1S/C25H24N2O3S/c1-25(2,14-23(29)30)22(28)16-31-24-26-20-12-5-6-13-21(20)27(24)15-18-10-7-9-17-8-3-4-11-19(17)18/h3-13H,14-16H2,1-2H3,(H,29,30). The number of imidazole rings is 1. The summed E-state index contributed by atoms with van der Waals surface area (Å²) in [6.45, 7) is 4.00. The fourth-order valence-electron chi connectivity index (χ4n) is 3.72. The molecule has 0 aliphatic carbocycles. The zero-order valence-corrected chi connectivity index (χ0v) is 18.4. The van der Waals surface area contributed by atoms with Crippen molar-refractivity contribution < 1.29 is 14.7 Å². The highest BCUT2D eigenvalue weighted by Crippen LogP contribution is 2.30. The number of fused-ring (bicyclic) bond motifs is 2. The number of nitrogens with zero attached hydrogens (tertiary/aromatic N) is 2. The Balaban J connectivity index is 1.67. The molecule has 31 heavy (non-hydrogen) atoms. The Hall–Kier alpha value is -3.12. The van der Waals surface area contributed by atoms with E-state index in [4.69, 9.17) is 10.1 Å². The van der Waals surface area contributed by atoms with Gasteiger partial charge in [-0.05, 0) is 28.5 Å². The summed E-state index contributed by atoms with van der Waals surface area (Å²) in [5.41, 5.74) is 2.16. The predicted molar refractivity (Wildman–Crippen MR) is 125 cm³/mol. The Labute approximate surface area is 185 Å². The summed E-state index contributed by atoms with van der Waals surface area (Å²) in [4.78, 5) is 28.6. The second-order valence-electron chi connectivity index (χ2n) is 8.27. The summed E-state index contributed by atoms with van der Waals surface area (Å²) in [6.07, 6.45) is -0.182. The quantitative estimate of drug-likeness (QED) is 0.378. The van der Waals surface area contributed by atoms with Crippen LogP contribution in [0.2, 0.25) is 0 Å². The van der Waals surface area contributed by atoms with Crippen LogP contribution in [-0.2, 0) is 16.1 Å². The van der Waals surface area contributed by atoms with Crippen LogP contribution >= 0.6 is 11.8 Å². The first kappa shape index (κ1) is 21.1. The summed E-state index contributed by atoms with van der Waals surface area (Å²) in [6, 6.07) is 22.5. The van der Waals surface area contributed by atoms with Crippen LogP contribution in [0.5, 0.6) is 0 Å². The largest absolute Gasteiger partial charge is 0.481 e. The molecule has 0 spiro atoms. The van der Waals surface area contributed by atoms with Crippen molar-refractivity contribution in [3.63, 3.8) is 0 Å². The monoisotopic (exact) mass is 432 g/mol. The van der Waals surface area contributed by atoms with E-state index in [1.807, 2.05) is 36.4 Å². The number of carbonyl (C=O) groups is 2. The van der Waals surface area contributed by atoms with Gasteiger partial charge in [0.2, 0.25) is 0 Å². The maximum absolute atomic E-state index is 12.7. The maximum atomic E-state index is 12.7. The van der Waals surface area contributed by atoms with Gasteiger partial charge in [0.15, 0.2) is 5.16 Å². The number of hydrogen-bond acceptors (Lipinski definition) is 4. The van der Waals surface area contributed by atoms with Crippen molar-refractivity contribution in [2.24, 2.45) is 5.41 Å². The molecule has 1 aromatic heterocycles. The number of aromatic nitrogens is 2. The molecule has 5 nitrogen and oxygen atoms in total. The van der Waals surface area contributed by atoms with E-state index < -0.39 is 11.4 Å². The average Bonchev–Trinajstić information content (AvgIpc) is 3.09. The van der Waals surface area contributed by atoms with Gasteiger partial charge in [-0.2, -0.15) is 0 Å². The third-order valence-corrected chi connectivity index (χ3v) is 6.48. The molecule has 0 aliphatic rings. The molecule has 0 saturated carbocycles. The number of aliphatic carboxylic acids is 1. The topological polar surface area (TPSA) is 72.2 Å². The van der Waals surface area contributed by atoms with E-state index >= 15 is 0 Å². The summed E-state index contributed by atoms with van der Waals surface area (Å²) in [5, 5.41) is 12.2. The normalized spacial score (nSPS) is 11.8. The molecule has 0 bridgehead atoms. The smallest absolute Gasteiger partial charge is 0.304 e. The Morgan fingerprint density at radius 3 is 2.52 bits per heavy atom. The minimum absolute atomic E-state index is 0.0938. The van der Waals surface area contributed by atoms with Gasteiger partial charge in [-0.15, -0.1) is 0 Å². The van der Waals surface area contributed by atoms with Gasteiger partial charge < -0.3 is 9.67 Å². The third kappa shape index (κ3) is 4.49. The Morgan fingerprint density at radius 2 is 1.71 bits per heavy atom. The summed E-state index contributed by atoms with van der Waals surface area (Å²) in [7, 11) is 0. The van der Waals surface area contributed by atoms with Crippen LogP contribution in [-0.4, -0.2) is 32.2 Å². The highest BCUT2D eigenvalue weighted by Gasteiger charge is 2.30. The fraction of sp³-hybridized carbons (Fsp3) is 0.240. The molecule has 4 aromatic rings. The molecule has 1 heterocycles. The number of carboxylic acid groups (broad SMARTS) is 1. The lowest BCUT2D eigenvalue weighted by Crippen LogP contribution is -2.29. The summed E-state index contributed by atoms with van der Waals surface area (Å²) < 4.78 is 2.14. The number of ketones is 1. The lowest BCUT2D eigenvalue weighted by Gasteiger charge is -2.20. The van der Waals surface area contributed by atoms with Gasteiger partial charge in [-0.1, -0.05) is 80.2 Å². The van der Waals surface area contributed by atoms with E-state index in [2.05, 4.69) is 34.9 Å². The number of para-hydroxylation sites is 2. The molecule has 4 rings (SSSR count). The van der Waals surface area contributed by atoms with Gasteiger partial charge in [0, 0.05) is 5.41 Å². The SMILES string of the molecule is CC(C)(CC(=O)O)C(=O)CSc1nc2ccccc2n1Cc1cccc2ccccc12. The van der Waals surface area contributed by atoms with Crippen molar-refractivity contribution in [2.45, 2.75) is 32.0 Å². The van der Waals surface area contributed by atoms with Gasteiger partial charge in [0.1, 0.15) is 5.78 Å². The zero-order chi connectivity index (χ0) is 22.0.